The summed E-state index contributed by atoms with van der Waals surface area (Å²) in [6.45, 7) is 2.78. The first-order chi connectivity index (χ1) is 6.68. The van der Waals surface area contributed by atoms with E-state index in [0.717, 1.165) is 24.9 Å². The van der Waals surface area contributed by atoms with Crippen molar-refractivity contribution in [3.8, 4) is 0 Å². The molecule has 1 heterocycles. The molecule has 0 bridgehead atoms. The van der Waals surface area contributed by atoms with Crippen molar-refractivity contribution in [3.63, 3.8) is 0 Å². The van der Waals surface area contributed by atoms with Crippen LogP contribution in [0.2, 0.25) is 5.02 Å². The molecule has 1 aliphatic rings. The summed E-state index contributed by atoms with van der Waals surface area (Å²) in [5, 5.41) is 3.91. The van der Waals surface area contributed by atoms with Crippen molar-refractivity contribution < 1.29 is 4.39 Å². The van der Waals surface area contributed by atoms with Crippen molar-refractivity contribution >= 4 is 11.6 Å². The zero-order valence-electron chi connectivity index (χ0n) is 8.11. The standard InChI is InChI=1S/C11H13ClFN/c1-7-5-10(13)8(6-9(7)12)11-3-2-4-14-11/h5-6,11,14H,2-4H2,1H3. The van der Waals surface area contributed by atoms with Gasteiger partial charge >= 0.3 is 0 Å². The SMILES string of the molecule is Cc1cc(F)c(C2CCCN2)cc1Cl. The third kappa shape index (κ3) is 1.77. The fourth-order valence-corrected chi connectivity index (χ4v) is 2.05. The minimum Gasteiger partial charge on any atom is -0.310 e. The second kappa shape index (κ2) is 3.87. The summed E-state index contributed by atoms with van der Waals surface area (Å²) >= 11 is 5.97. The molecule has 3 heteroatoms. The molecule has 0 aliphatic carbocycles. The van der Waals surface area contributed by atoms with Crippen molar-refractivity contribution in [1.29, 1.82) is 0 Å². The Hall–Kier alpha value is -0.600. The predicted octanol–water partition coefficient (Wildman–Crippen LogP) is 3.21. The van der Waals surface area contributed by atoms with Crippen molar-refractivity contribution in [2.24, 2.45) is 0 Å². The van der Waals surface area contributed by atoms with Crippen LogP contribution in [0.1, 0.15) is 30.0 Å². The first-order valence-corrected chi connectivity index (χ1v) is 5.25. The molecule has 0 spiro atoms. The van der Waals surface area contributed by atoms with Crippen molar-refractivity contribution in [2.45, 2.75) is 25.8 Å². The summed E-state index contributed by atoms with van der Waals surface area (Å²) in [6, 6.07) is 3.40. The highest BCUT2D eigenvalue weighted by Crippen LogP contribution is 2.29. The smallest absolute Gasteiger partial charge is 0.128 e. The van der Waals surface area contributed by atoms with E-state index in [2.05, 4.69) is 5.32 Å². The van der Waals surface area contributed by atoms with Crippen LogP contribution in [0, 0.1) is 12.7 Å². The largest absolute Gasteiger partial charge is 0.310 e. The molecule has 0 aromatic heterocycles. The lowest BCUT2D eigenvalue weighted by molar-refractivity contribution is 0.558. The molecular weight excluding hydrogens is 201 g/mol. The van der Waals surface area contributed by atoms with Gasteiger partial charge in [-0.05, 0) is 44.0 Å². The molecule has 1 aromatic carbocycles. The average molecular weight is 214 g/mol. The van der Waals surface area contributed by atoms with Crippen LogP contribution in [0.3, 0.4) is 0 Å². The van der Waals surface area contributed by atoms with Crippen molar-refractivity contribution in [1.82, 2.24) is 5.32 Å². The number of hydrogen-bond acceptors (Lipinski definition) is 1. The van der Waals surface area contributed by atoms with Crippen LogP contribution in [0.25, 0.3) is 0 Å². The number of nitrogens with one attached hydrogen (secondary N) is 1. The van der Waals surface area contributed by atoms with E-state index >= 15 is 0 Å². The van der Waals surface area contributed by atoms with E-state index in [1.54, 1.807) is 6.07 Å². The molecule has 14 heavy (non-hydrogen) atoms. The molecule has 1 atom stereocenters. The first kappa shape index (κ1) is 9.94. The highest BCUT2D eigenvalue weighted by molar-refractivity contribution is 6.31. The van der Waals surface area contributed by atoms with Gasteiger partial charge in [0, 0.05) is 16.6 Å². The summed E-state index contributed by atoms with van der Waals surface area (Å²) < 4.78 is 13.6. The Bertz CT molecular complexity index is 345. The lowest BCUT2D eigenvalue weighted by Crippen LogP contribution is -2.14. The minimum atomic E-state index is -0.147. The summed E-state index contributed by atoms with van der Waals surface area (Å²) in [4.78, 5) is 0. The normalized spacial score (nSPS) is 21.5. The number of aryl methyl sites for hydroxylation is 1. The fraction of sp³-hybridized carbons (Fsp3) is 0.455. The highest BCUT2D eigenvalue weighted by Gasteiger charge is 2.20. The maximum atomic E-state index is 13.6. The monoisotopic (exact) mass is 213 g/mol. The molecule has 0 saturated carbocycles. The molecule has 1 fully saturated rings. The highest BCUT2D eigenvalue weighted by atomic mass is 35.5. The van der Waals surface area contributed by atoms with Gasteiger partial charge in [-0.1, -0.05) is 11.6 Å². The van der Waals surface area contributed by atoms with E-state index < -0.39 is 0 Å². The van der Waals surface area contributed by atoms with Crippen LogP contribution in [0.15, 0.2) is 12.1 Å². The molecule has 0 amide bonds. The van der Waals surface area contributed by atoms with E-state index in [0.29, 0.717) is 10.6 Å². The summed E-state index contributed by atoms with van der Waals surface area (Å²) in [5.41, 5.74) is 1.50. The second-order valence-electron chi connectivity index (χ2n) is 3.77. The van der Waals surface area contributed by atoms with E-state index in [-0.39, 0.29) is 11.9 Å². The van der Waals surface area contributed by atoms with Gasteiger partial charge in [0.2, 0.25) is 0 Å². The van der Waals surface area contributed by atoms with E-state index in [1.807, 2.05) is 6.92 Å². The molecule has 2 rings (SSSR count). The maximum Gasteiger partial charge on any atom is 0.128 e. The van der Waals surface area contributed by atoms with Crippen LogP contribution in [-0.2, 0) is 0 Å². The van der Waals surface area contributed by atoms with Crippen molar-refractivity contribution in [3.05, 3.63) is 34.1 Å². The average Bonchev–Trinajstić information content (AvgIpc) is 2.64. The van der Waals surface area contributed by atoms with E-state index in [4.69, 9.17) is 11.6 Å². The minimum absolute atomic E-state index is 0.146. The van der Waals surface area contributed by atoms with Crippen molar-refractivity contribution in [2.75, 3.05) is 6.54 Å². The zero-order valence-corrected chi connectivity index (χ0v) is 8.87. The summed E-state index contributed by atoms with van der Waals surface area (Å²) in [5.74, 6) is -0.147. The summed E-state index contributed by atoms with van der Waals surface area (Å²) in [7, 11) is 0. The lowest BCUT2D eigenvalue weighted by atomic mass is 10.0. The number of benzene rings is 1. The number of halogens is 2. The molecule has 1 aromatic rings. The Labute approximate surface area is 88.3 Å². The zero-order chi connectivity index (χ0) is 10.1. The van der Waals surface area contributed by atoms with Gasteiger partial charge in [-0.25, -0.2) is 4.39 Å². The van der Waals surface area contributed by atoms with Crippen LogP contribution in [0.5, 0.6) is 0 Å². The van der Waals surface area contributed by atoms with Crippen LogP contribution >= 0.6 is 11.6 Å². The molecule has 76 valence electrons. The molecule has 1 aliphatic heterocycles. The van der Waals surface area contributed by atoms with Gasteiger partial charge in [-0.15, -0.1) is 0 Å². The number of hydrogen-bond donors (Lipinski definition) is 1. The lowest BCUT2D eigenvalue weighted by Gasteiger charge is -2.13. The molecule has 1 unspecified atom stereocenters. The van der Waals surface area contributed by atoms with Crippen LogP contribution in [0.4, 0.5) is 4.39 Å². The molecule has 1 saturated heterocycles. The van der Waals surface area contributed by atoms with Gasteiger partial charge < -0.3 is 5.32 Å². The quantitative estimate of drug-likeness (QED) is 0.756. The topological polar surface area (TPSA) is 12.0 Å². The first-order valence-electron chi connectivity index (χ1n) is 4.87. The Balaban J connectivity index is 2.37. The van der Waals surface area contributed by atoms with Gasteiger partial charge in [-0.3, -0.25) is 0 Å². The van der Waals surface area contributed by atoms with Crippen LogP contribution < -0.4 is 5.32 Å². The summed E-state index contributed by atoms with van der Waals surface area (Å²) in [6.07, 6.45) is 2.10. The molecule has 1 nitrogen and oxygen atoms in total. The van der Waals surface area contributed by atoms with E-state index in [9.17, 15) is 4.39 Å². The fourth-order valence-electron chi connectivity index (χ4n) is 1.88. The van der Waals surface area contributed by atoms with Gasteiger partial charge in [0.25, 0.3) is 0 Å². The maximum absolute atomic E-state index is 13.6. The predicted molar refractivity (Wildman–Crippen MR) is 56.1 cm³/mol. The third-order valence-corrected chi connectivity index (χ3v) is 3.12. The molecule has 1 N–H and O–H groups in total. The second-order valence-corrected chi connectivity index (χ2v) is 4.18. The van der Waals surface area contributed by atoms with Gasteiger partial charge in [0.1, 0.15) is 5.82 Å². The van der Waals surface area contributed by atoms with Gasteiger partial charge in [0.15, 0.2) is 0 Å². The Kier molecular flexibility index (Phi) is 2.75. The Morgan fingerprint density at radius 3 is 2.93 bits per heavy atom. The van der Waals surface area contributed by atoms with Gasteiger partial charge in [-0.2, -0.15) is 0 Å². The number of rotatable bonds is 1. The third-order valence-electron chi connectivity index (χ3n) is 2.71. The Morgan fingerprint density at radius 1 is 1.50 bits per heavy atom. The molecular formula is C11H13ClFN. The van der Waals surface area contributed by atoms with Gasteiger partial charge in [0.05, 0.1) is 0 Å². The van der Waals surface area contributed by atoms with E-state index in [1.165, 1.54) is 6.07 Å². The molecule has 0 radical (unpaired) electrons. The Morgan fingerprint density at radius 2 is 2.29 bits per heavy atom. The van der Waals surface area contributed by atoms with Crippen LogP contribution in [-0.4, -0.2) is 6.54 Å².